The van der Waals surface area contributed by atoms with Gasteiger partial charge in [-0.2, -0.15) is 0 Å². The van der Waals surface area contributed by atoms with Crippen LogP contribution < -0.4 is 10.6 Å². The Kier molecular flexibility index (Phi) is 5.30. The Morgan fingerprint density at radius 3 is 3.00 bits per heavy atom. The third-order valence-electron chi connectivity index (χ3n) is 3.74. The van der Waals surface area contributed by atoms with Crippen LogP contribution in [0.4, 0.5) is 0 Å². The van der Waals surface area contributed by atoms with E-state index in [2.05, 4.69) is 26.6 Å². The van der Waals surface area contributed by atoms with Crippen LogP contribution in [0.3, 0.4) is 0 Å². The molecule has 1 atom stereocenters. The summed E-state index contributed by atoms with van der Waals surface area (Å²) in [5, 5.41) is 7.31. The second-order valence-electron chi connectivity index (χ2n) is 5.21. The van der Waals surface area contributed by atoms with Crippen LogP contribution in [0.2, 0.25) is 0 Å². The molecular weight excluding hydrogens is 356 g/mol. The molecular formula is C15H18BrClN2O2. The third kappa shape index (κ3) is 3.42. The maximum Gasteiger partial charge on any atom is 0.287 e. The van der Waals surface area contributed by atoms with Crippen molar-refractivity contribution in [2.24, 2.45) is 0 Å². The number of carbonyl (C=O) groups is 1. The Bertz CT molecular complexity index is 650. The van der Waals surface area contributed by atoms with Gasteiger partial charge in [0.2, 0.25) is 0 Å². The minimum absolute atomic E-state index is 0. The number of fused-ring (bicyclic) bond motifs is 1. The lowest BCUT2D eigenvalue weighted by atomic mass is 10.1. The Labute approximate surface area is 138 Å². The van der Waals surface area contributed by atoms with Crippen molar-refractivity contribution in [2.75, 3.05) is 13.1 Å². The van der Waals surface area contributed by atoms with Crippen molar-refractivity contribution in [1.29, 1.82) is 0 Å². The van der Waals surface area contributed by atoms with Gasteiger partial charge >= 0.3 is 0 Å². The second-order valence-corrected chi connectivity index (χ2v) is 6.13. The minimum atomic E-state index is -0.122. The predicted molar refractivity (Wildman–Crippen MR) is 89.3 cm³/mol. The first-order valence-electron chi connectivity index (χ1n) is 6.85. The maximum atomic E-state index is 12.3. The van der Waals surface area contributed by atoms with Gasteiger partial charge in [-0.3, -0.25) is 4.79 Å². The van der Waals surface area contributed by atoms with E-state index in [0.29, 0.717) is 5.76 Å². The van der Waals surface area contributed by atoms with E-state index < -0.39 is 0 Å². The van der Waals surface area contributed by atoms with Crippen LogP contribution in [0.25, 0.3) is 11.0 Å². The van der Waals surface area contributed by atoms with Crippen LogP contribution in [0.1, 0.15) is 29.0 Å². The molecule has 2 heterocycles. The average Bonchev–Trinajstić information content (AvgIpc) is 2.77. The van der Waals surface area contributed by atoms with Crippen molar-refractivity contribution in [2.45, 2.75) is 25.8 Å². The summed E-state index contributed by atoms with van der Waals surface area (Å²) in [6, 6.07) is 5.96. The van der Waals surface area contributed by atoms with Crippen molar-refractivity contribution in [1.82, 2.24) is 10.6 Å². The molecule has 2 aromatic rings. The van der Waals surface area contributed by atoms with Gasteiger partial charge < -0.3 is 15.1 Å². The van der Waals surface area contributed by atoms with Gasteiger partial charge in [0.15, 0.2) is 5.76 Å². The zero-order valence-electron chi connectivity index (χ0n) is 11.7. The molecule has 1 fully saturated rings. The number of carbonyl (C=O) groups excluding carboxylic acids is 1. The normalized spacial score (nSPS) is 18.3. The highest BCUT2D eigenvalue weighted by Crippen LogP contribution is 2.28. The molecule has 1 aliphatic rings. The fraction of sp³-hybridized carbons (Fsp3) is 0.400. The topological polar surface area (TPSA) is 54.3 Å². The number of furan rings is 1. The summed E-state index contributed by atoms with van der Waals surface area (Å²) in [5.74, 6) is 0.298. The number of amides is 1. The smallest absolute Gasteiger partial charge is 0.287 e. The van der Waals surface area contributed by atoms with Crippen LogP contribution in [-0.2, 0) is 0 Å². The molecule has 4 nitrogen and oxygen atoms in total. The van der Waals surface area contributed by atoms with Gasteiger partial charge in [0.1, 0.15) is 5.58 Å². The Balaban J connectivity index is 0.00000161. The van der Waals surface area contributed by atoms with Gasteiger partial charge in [0.25, 0.3) is 5.91 Å². The van der Waals surface area contributed by atoms with Crippen LogP contribution in [-0.4, -0.2) is 25.0 Å². The molecule has 1 saturated heterocycles. The highest BCUT2D eigenvalue weighted by Gasteiger charge is 2.21. The lowest BCUT2D eigenvalue weighted by Gasteiger charge is -2.23. The molecule has 0 saturated carbocycles. The summed E-state index contributed by atoms with van der Waals surface area (Å²) in [4.78, 5) is 12.3. The van der Waals surface area contributed by atoms with E-state index in [1.165, 1.54) is 0 Å². The first-order chi connectivity index (χ1) is 9.65. The lowest BCUT2D eigenvalue weighted by molar-refractivity contribution is 0.0904. The number of nitrogens with one attached hydrogen (secondary N) is 2. The molecule has 114 valence electrons. The standard InChI is InChI=1S/C15H17BrN2O2.ClH/c1-9-12-7-10(16)4-5-13(12)20-14(9)15(19)18-11-3-2-6-17-8-11;/h4-5,7,11,17H,2-3,6,8H2,1H3,(H,18,19);1H. The molecule has 1 aliphatic heterocycles. The van der Waals surface area contributed by atoms with E-state index >= 15 is 0 Å². The molecule has 2 N–H and O–H groups in total. The van der Waals surface area contributed by atoms with E-state index in [0.717, 1.165) is 46.9 Å². The monoisotopic (exact) mass is 372 g/mol. The molecule has 0 radical (unpaired) electrons. The van der Waals surface area contributed by atoms with Gasteiger partial charge in [-0.1, -0.05) is 15.9 Å². The first-order valence-corrected chi connectivity index (χ1v) is 7.64. The zero-order valence-corrected chi connectivity index (χ0v) is 14.1. The number of halogens is 2. The number of hydrogen-bond acceptors (Lipinski definition) is 3. The first kappa shape index (κ1) is 16.3. The summed E-state index contributed by atoms with van der Waals surface area (Å²) in [6.07, 6.45) is 2.11. The van der Waals surface area contributed by atoms with Crippen molar-refractivity contribution >= 4 is 45.2 Å². The van der Waals surface area contributed by atoms with Crippen molar-refractivity contribution in [3.63, 3.8) is 0 Å². The summed E-state index contributed by atoms with van der Waals surface area (Å²) in [7, 11) is 0. The Hall–Kier alpha value is -1.04. The second kappa shape index (κ2) is 6.81. The molecule has 0 spiro atoms. The number of aryl methyl sites for hydroxylation is 1. The van der Waals surface area contributed by atoms with Gasteiger partial charge in [-0.15, -0.1) is 12.4 Å². The summed E-state index contributed by atoms with van der Waals surface area (Å²) < 4.78 is 6.69. The predicted octanol–water partition coefficient (Wildman–Crippen LogP) is 3.41. The average molecular weight is 374 g/mol. The van der Waals surface area contributed by atoms with Gasteiger partial charge in [0.05, 0.1) is 0 Å². The molecule has 3 rings (SSSR count). The maximum absolute atomic E-state index is 12.3. The van der Waals surface area contributed by atoms with Crippen molar-refractivity contribution < 1.29 is 9.21 Å². The van der Waals surface area contributed by atoms with E-state index in [1.54, 1.807) is 0 Å². The summed E-state index contributed by atoms with van der Waals surface area (Å²) >= 11 is 3.44. The number of benzene rings is 1. The zero-order chi connectivity index (χ0) is 14.1. The minimum Gasteiger partial charge on any atom is -0.451 e. The van der Waals surface area contributed by atoms with Gasteiger partial charge in [-0.05, 0) is 44.5 Å². The SMILES string of the molecule is Cc1c(C(=O)NC2CCCNC2)oc2ccc(Br)cc12.Cl. The van der Waals surface area contributed by atoms with E-state index in [4.69, 9.17) is 4.42 Å². The van der Waals surface area contributed by atoms with E-state index in [9.17, 15) is 4.79 Å². The summed E-state index contributed by atoms with van der Waals surface area (Å²) in [6.45, 7) is 3.78. The van der Waals surface area contributed by atoms with Crippen LogP contribution in [0, 0.1) is 6.92 Å². The molecule has 6 heteroatoms. The molecule has 0 aliphatic carbocycles. The van der Waals surface area contributed by atoms with Crippen molar-refractivity contribution in [3.8, 4) is 0 Å². The molecule has 1 unspecified atom stereocenters. The highest BCUT2D eigenvalue weighted by molar-refractivity contribution is 9.10. The van der Waals surface area contributed by atoms with Crippen LogP contribution >= 0.6 is 28.3 Å². The largest absolute Gasteiger partial charge is 0.451 e. The van der Waals surface area contributed by atoms with Crippen molar-refractivity contribution in [3.05, 3.63) is 34.0 Å². The van der Waals surface area contributed by atoms with E-state index in [-0.39, 0.29) is 24.4 Å². The Morgan fingerprint density at radius 1 is 1.48 bits per heavy atom. The molecule has 1 aromatic heterocycles. The third-order valence-corrected chi connectivity index (χ3v) is 4.23. The fourth-order valence-electron chi connectivity index (χ4n) is 2.64. The van der Waals surface area contributed by atoms with Crippen LogP contribution in [0.5, 0.6) is 0 Å². The summed E-state index contributed by atoms with van der Waals surface area (Å²) in [5.41, 5.74) is 1.64. The quantitative estimate of drug-likeness (QED) is 0.848. The Morgan fingerprint density at radius 2 is 2.29 bits per heavy atom. The van der Waals surface area contributed by atoms with Gasteiger partial charge in [0, 0.05) is 28.0 Å². The molecule has 0 bridgehead atoms. The highest BCUT2D eigenvalue weighted by atomic mass is 79.9. The number of rotatable bonds is 2. The molecule has 1 aromatic carbocycles. The van der Waals surface area contributed by atoms with E-state index in [1.807, 2.05) is 25.1 Å². The van der Waals surface area contributed by atoms with Crippen LogP contribution in [0.15, 0.2) is 27.1 Å². The number of piperidine rings is 1. The fourth-order valence-corrected chi connectivity index (χ4v) is 3.00. The molecule has 21 heavy (non-hydrogen) atoms. The van der Waals surface area contributed by atoms with Gasteiger partial charge in [-0.25, -0.2) is 0 Å². The molecule has 1 amide bonds. The lowest BCUT2D eigenvalue weighted by Crippen LogP contribution is -2.45. The number of hydrogen-bond donors (Lipinski definition) is 2.